The Hall–Kier alpha value is -3.19. The van der Waals surface area contributed by atoms with E-state index in [-0.39, 0.29) is 18.2 Å². The number of carbonyl (C=O) groups excluding carboxylic acids is 2. The number of carbonyl (C=O) groups is 2. The van der Waals surface area contributed by atoms with Gasteiger partial charge in [0.05, 0.1) is 0 Å². The topological polar surface area (TPSA) is 82.9 Å². The van der Waals surface area contributed by atoms with Crippen molar-refractivity contribution in [3.05, 3.63) is 71.8 Å². The van der Waals surface area contributed by atoms with Crippen molar-refractivity contribution >= 4 is 46.7 Å². The van der Waals surface area contributed by atoms with Gasteiger partial charge in [0, 0.05) is 18.3 Å². The number of thioether (sulfide) groups is 1. The molecule has 3 rings (SSSR count). The smallest absolute Gasteiger partial charge is 0.240 e. The number of amidine groups is 1. The van der Waals surface area contributed by atoms with E-state index in [1.807, 2.05) is 67.6 Å². The zero-order valence-corrected chi connectivity index (χ0v) is 16.1. The first-order valence-electron chi connectivity index (χ1n) is 8.77. The maximum atomic E-state index is 12.2. The minimum atomic E-state index is -0.515. The van der Waals surface area contributed by atoms with Crippen LogP contribution in [0.4, 0.5) is 5.69 Å². The van der Waals surface area contributed by atoms with Gasteiger partial charge in [0.15, 0.2) is 5.17 Å². The highest BCUT2D eigenvalue weighted by Gasteiger charge is 2.32. The largest absolute Gasteiger partial charge is 0.326 e. The molecule has 0 saturated carbocycles. The molecule has 1 fully saturated rings. The second kappa shape index (κ2) is 9.66. The molecule has 2 aromatic rings. The van der Waals surface area contributed by atoms with Crippen LogP contribution in [-0.4, -0.2) is 28.4 Å². The fourth-order valence-electron chi connectivity index (χ4n) is 2.45. The zero-order chi connectivity index (χ0) is 19.8. The molecule has 1 saturated heterocycles. The molecule has 1 atom stereocenters. The Balaban J connectivity index is 1.49. The second-order valence-corrected chi connectivity index (χ2v) is 7.35. The summed E-state index contributed by atoms with van der Waals surface area (Å²) in [6.07, 6.45) is 5.29. The first-order chi connectivity index (χ1) is 13.6. The molecule has 1 unspecified atom stereocenters. The highest BCUT2D eigenvalue weighted by Crippen LogP contribution is 2.23. The fourth-order valence-corrected chi connectivity index (χ4v) is 3.37. The van der Waals surface area contributed by atoms with Crippen LogP contribution in [0, 0.1) is 6.92 Å². The molecule has 2 N–H and O–H groups in total. The van der Waals surface area contributed by atoms with Crippen LogP contribution < -0.4 is 10.6 Å². The van der Waals surface area contributed by atoms with Crippen molar-refractivity contribution in [2.24, 2.45) is 10.2 Å². The summed E-state index contributed by atoms with van der Waals surface area (Å²) in [6, 6.07) is 17.3. The van der Waals surface area contributed by atoms with Crippen molar-refractivity contribution in [2.45, 2.75) is 18.6 Å². The Morgan fingerprint density at radius 1 is 1.18 bits per heavy atom. The second-order valence-electron chi connectivity index (χ2n) is 6.15. The SMILES string of the molecule is Cc1ccc(NC(=O)CC2S\C(=N/N=C/C=C/c3ccccc3)NC2=O)cc1. The highest BCUT2D eigenvalue weighted by molar-refractivity contribution is 8.15. The van der Waals surface area contributed by atoms with Gasteiger partial charge in [-0.1, -0.05) is 65.9 Å². The van der Waals surface area contributed by atoms with Gasteiger partial charge >= 0.3 is 0 Å². The van der Waals surface area contributed by atoms with E-state index >= 15 is 0 Å². The number of benzene rings is 2. The summed E-state index contributed by atoms with van der Waals surface area (Å²) in [5, 5.41) is 13.2. The van der Waals surface area contributed by atoms with Crippen molar-refractivity contribution in [3.63, 3.8) is 0 Å². The minimum absolute atomic E-state index is 0.0705. The maximum absolute atomic E-state index is 12.2. The molecular formula is C21H20N4O2S. The third-order valence-corrected chi connectivity index (χ3v) is 4.94. The predicted molar refractivity (Wildman–Crippen MR) is 115 cm³/mol. The Morgan fingerprint density at radius 3 is 2.68 bits per heavy atom. The standard InChI is InChI=1S/C21H20N4O2S/c1-15-9-11-17(12-10-15)23-19(26)14-18-20(27)24-21(28-18)25-22-13-5-8-16-6-3-2-4-7-16/h2-13,18H,14H2,1H3,(H,23,26)(H,24,25,27)/b8-5+,22-13+. The quantitative estimate of drug-likeness (QED) is 0.582. The molecule has 142 valence electrons. The number of nitrogens with zero attached hydrogens (tertiary/aromatic N) is 2. The van der Waals surface area contributed by atoms with Crippen molar-refractivity contribution in [2.75, 3.05) is 5.32 Å². The normalized spacial score (nSPS) is 18.1. The number of nitrogens with one attached hydrogen (secondary N) is 2. The summed E-state index contributed by atoms with van der Waals surface area (Å²) in [7, 11) is 0. The van der Waals surface area contributed by atoms with Crippen molar-refractivity contribution < 1.29 is 9.59 Å². The molecule has 0 spiro atoms. The van der Waals surface area contributed by atoms with Crippen LogP contribution in [0.3, 0.4) is 0 Å². The number of anilines is 1. The van der Waals surface area contributed by atoms with Gasteiger partial charge in [-0.05, 0) is 30.7 Å². The number of hydrogen-bond donors (Lipinski definition) is 2. The van der Waals surface area contributed by atoms with Gasteiger partial charge in [0.25, 0.3) is 0 Å². The average molecular weight is 392 g/mol. The van der Waals surface area contributed by atoms with Gasteiger partial charge in [0.2, 0.25) is 11.8 Å². The van der Waals surface area contributed by atoms with Crippen LogP contribution >= 0.6 is 11.8 Å². The lowest BCUT2D eigenvalue weighted by Crippen LogP contribution is -2.28. The van der Waals surface area contributed by atoms with Gasteiger partial charge < -0.3 is 10.6 Å². The van der Waals surface area contributed by atoms with Crippen molar-refractivity contribution in [3.8, 4) is 0 Å². The lowest BCUT2D eigenvalue weighted by Gasteiger charge is -2.07. The number of amides is 2. The van der Waals surface area contributed by atoms with Crippen LogP contribution in [0.15, 0.2) is 70.9 Å². The highest BCUT2D eigenvalue weighted by atomic mass is 32.2. The molecule has 0 aromatic heterocycles. The van der Waals surface area contributed by atoms with E-state index < -0.39 is 5.25 Å². The van der Waals surface area contributed by atoms with Gasteiger partial charge in [-0.2, -0.15) is 5.10 Å². The summed E-state index contributed by atoms with van der Waals surface area (Å²) in [5.41, 5.74) is 2.89. The van der Waals surface area contributed by atoms with E-state index in [1.54, 1.807) is 12.3 Å². The van der Waals surface area contributed by atoms with E-state index in [0.717, 1.165) is 11.1 Å². The molecule has 0 aliphatic carbocycles. The van der Waals surface area contributed by atoms with Crippen LogP contribution in [0.25, 0.3) is 6.08 Å². The molecule has 28 heavy (non-hydrogen) atoms. The summed E-state index contributed by atoms with van der Waals surface area (Å²) >= 11 is 1.21. The zero-order valence-electron chi connectivity index (χ0n) is 15.3. The van der Waals surface area contributed by atoms with Gasteiger partial charge in [-0.15, -0.1) is 5.10 Å². The maximum Gasteiger partial charge on any atom is 0.240 e. The molecular weight excluding hydrogens is 372 g/mol. The first-order valence-corrected chi connectivity index (χ1v) is 9.65. The average Bonchev–Trinajstić information content (AvgIpc) is 3.03. The fraction of sp³-hybridized carbons (Fsp3) is 0.143. The molecule has 7 heteroatoms. The van der Waals surface area contributed by atoms with Crippen LogP contribution in [0.2, 0.25) is 0 Å². The molecule has 0 radical (unpaired) electrons. The van der Waals surface area contributed by atoms with Crippen LogP contribution in [0.1, 0.15) is 17.5 Å². The monoisotopic (exact) mass is 392 g/mol. The third kappa shape index (κ3) is 5.92. The van der Waals surface area contributed by atoms with Gasteiger partial charge in [-0.25, -0.2) is 0 Å². The van der Waals surface area contributed by atoms with Gasteiger partial charge in [-0.3, -0.25) is 9.59 Å². The Labute approximate surface area is 167 Å². The van der Waals surface area contributed by atoms with E-state index in [4.69, 9.17) is 0 Å². The Bertz CT molecular complexity index is 921. The van der Waals surface area contributed by atoms with E-state index in [9.17, 15) is 9.59 Å². The molecule has 2 aromatic carbocycles. The molecule has 1 heterocycles. The molecule has 6 nitrogen and oxygen atoms in total. The third-order valence-electron chi connectivity index (χ3n) is 3.87. The molecule has 2 amide bonds. The lowest BCUT2D eigenvalue weighted by atomic mass is 10.2. The minimum Gasteiger partial charge on any atom is -0.326 e. The summed E-state index contributed by atoms with van der Waals surface area (Å²) in [5.74, 6) is -0.454. The molecule has 0 bridgehead atoms. The molecule has 1 aliphatic heterocycles. The predicted octanol–water partition coefficient (Wildman–Crippen LogP) is 3.61. The lowest BCUT2D eigenvalue weighted by molar-refractivity contribution is -0.122. The Kier molecular flexibility index (Phi) is 6.75. The van der Waals surface area contributed by atoms with E-state index in [1.165, 1.54) is 11.8 Å². The van der Waals surface area contributed by atoms with Crippen molar-refractivity contribution in [1.82, 2.24) is 5.32 Å². The van der Waals surface area contributed by atoms with Crippen LogP contribution in [0.5, 0.6) is 0 Å². The first kappa shape index (κ1) is 19.6. The summed E-state index contributed by atoms with van der Waals surface area (Å²) in [6.45, 7) is 1.98. The summed E-state index contributed by atoms with van der Waals surface area (Å²) < 4.78 is 0. The number of aryl methyl sites for hydroxylation is 1. The van der Waals surface area contributed by atoms with Crippen LogP contribution in [-0.2, 0) is 9.59 Å². The Morgan fingerprint density at radius 2 is 1.93 bits per heavy atom. The van der Waals surface area contributed by atoms with Gasteiger partial charge in [0.1, 0.15) is 5.25 Å². The molecule has 1 aliphatic rings. The number of allylic oxidation sites excluding steroid dienone is 1. The van der Waals surface area contributed by atoms with Crippen molar-refractivity contribution in [1.29, 1.82) is 0 Å². The number of rotatable bonds is 6. The number of hydrogen-bond acceptors (Lipinski definition) is 5. The summed E-state index contributed by atoms with van der Waals surface area (Å²) in [4.78, 5) is 24.2. The van der Waals surface area contributed by atoms with E-state index in [0.29, 0.717) is 10.9 Å². The van der Waals surface area contributed by atoms with E-state index in [2.05, 4.69) is 20.8 Å².